The molecule has 0 aromatic heterocycles. The first-order valence-electron chi connectivity index (χ1n) is 7.20. The van der Waals surface area contributed by atoms with Crippen LogP contribution in [0.2, 0.25) is 0 Å². The van der Waals surface area contributed by atoms with Gasteiger partial charge >= 0.3 is 0 Å². The molecule has 0 fully saturated rings. The van der Waals surface area contributed by atoms with Crippen molar-refractivity contribution in [1.29, 1.82) is 0 Å². The summed E-state index contributed by atoms with van der Waals surface area (Å²) in [5.41, 5.74) is 0.759. The summed E-state index contributed by atoms with van der Waals surface area (Å²) in [6.07, 6.45) is 0. The number of nitro groups is 1. The second kappa shape index (κ2) is 6.88. The van der Waals surface area contributed by atoms with Crippen molar-refractivity contribution >= 4 is 21.4 Å². The third-order valence-corrected chi connectivity index (χ3v) is 4.86. The van der Waals surface area contributed by atoms with Crippen molar-refractivity contribution in [2.75, 3.05) is 11.8 Å². The molecule has 1 N–H and O–H groups in total. The van der Waals surface area contributed by atoms with E-state index in [-0.39, 0.29) is 27.9 Å². The Bertz CT molecular complexity index is 863. The smallest absolute Gasteiger partial charge is 0.271 e. The number of nitrogens with one attached hydrogen (secondary N) is 1. The predicted octanol–water partition coefficient (Wildman–Crippen LogP) is 3.53. The monoisotopic (exact) mass is 350 g/mol. The number of hydrogen-bond donors (Lipinski definition) is 1. The lowest BCUT2D eigenvalue weighted by molar-refractivity contribution is -0.384. The van der Waals surface area contributed by atoms with Gasteiger partial charge in [-0.2, -0.15) is 0 Å². The van der Waals surface area contributed by atoms with Gasteiger partial charge in [0.15, 0.2) is 0 Å². The highest BCUT2D eigenvalue weighted by Crippen LogP contribution is 2.30. The average Bonchev–Trinajstić information content (AvgIpc) is 2.53. The minimum atomic E-state index is -3.95. The third kappa shape index (κ3) is 3.83. The second-order valence-electron chi connectivity index (χ2n) is 5.48. The number of hydrogen-bond acceptors (Lipinski definition) is 5. The molecule has 0 amide bonds. The maximum atomic E-state index is 12.7. The second-order valence-corrected chi connectivity index (χ2v) is 7.13. The molecule has 0 aliphatic carbocycles. The van der Waals surface area contributed by atoms with Crippen LogP contribution < -0.4 is 9.46 Å². The molecule has 0 heterocycles. The SMILES string of the molecule is COc1ccc(C(C)C)cc1S(=O)(=O)Nc1cccc([N+](=O)[O-])c1. The molecule has 0 saturated heterocycles. The van der Waals surface area contributed by atoms with Crippen molar-refractivity contribution in [2.24, 2.45) is 0 Å². The molecule has 2 aromatic rings. The largest absolute Gasteiger partial charge is 0.495 e. The van der Waals surface area contributed by atoms with Crippen molar-refractivity contribution in [3.8, 4) is 5.75 Å². The van der Waals surface area contributed by atoms with E-state index in [9.17, 15) is 18.5 Å². The molecule has 0 radical (unpaired) electrons. The van der Waals surface area contributed by atoms with Gasteiger partial charge < -0.3 is 4.74 Å². The Labute approximate surface area is 140 Å². The fourth-order valence-electron chi connectivity index (χ4n) is 2.16. The molecular formula is C16H18N2O5S. The summed E-state index contributed by atoms with van der Waals surface area (Å²) >= 11 is 0. The summed E-state index contributed by atoms with van der Waals surface area (Å²) in [7, 11) is -2.57. The summed E-state index contributed by atoms with van der Waals surface area (Å²) in [5.74, 6) is 0.347. The van der Waals surface area contributed by atoms with E-state index in [0.29, 0.717) is 0 Å². The molecule has 0 unspecified atom stereocenters. The van der Waals surface area contributed by atoms with Gasteiger partial charge in [0.05, 0.1) is 17.7 Å². The van der Waals surface area contributed by atoms with Gasteiger partial charge in [-0.15, -0.1) is 0 Å². The molecule has 2 rings (SSSR count). The molecule has 2 aromatic carbocycles. The van der Waals surface area contributed by atoms with Crippen molar-refractivity contribution in [3.63, 3.8) is 0 Å². The molecule has 0 aliphatic heterocycles. The number of nitrogens with zero attached hydrogens (tertiary/aromatic N) is 1. The Morgan fingerprint density at radius 3 is 2.46 bits per heavy atom. The van der Waals surface area contributed by atoms with Gasteiger partial charge in [0.1, 0.15) is 10.6 Å². The summed E-state index contributed by atoms with van der Waals surface area (Å²) in [6.45, 7) is 3.90. The molecule has 128 valence electrons. The van der Waals surface area contributed by atoms with Crippen molar-refractivity contribution in [3.05, 3.63) is 58.1 Å². The van der Waals surface area contributed by atoms with E-state index in [1.807, 2.05) is 13.8 Å². The average molecular weight is 350 g/mol. The van der Waals surface area contributed by atoms with Gasteiger partial charge in [0.2, 0.25) is 0 Å². The number of non-ortho nitro benzene ring substituents is 1. The van der Waals surface area contributed by atoms with E-state index in [0.717, 1.165) is 11.6 Å². The fourth-order valence-corrected chi connectivity index (χ4v) is 3.41. The van der Waals surface area contributed by atoms with Crippen molar-refractivity contribution < 1.29 is 18.1 Å². The molecule has 0 bridgehead atoms. The van der Waals surface area contributed by atoms with Crippen molar-refractivity contribution in [2.45, 2.75) is 24.7 Å². The molecule has 0 saturated carbocycles. The minimum absolute atomic E-state index is 0.0114. The van der Waals surface area contributed by atoms with E-state index >= 15 is 0 Å². The molecule has 0 aliphatic rings. The molecule has 8 heteroatoms. The van der Waals surface area contributed by atoms with Crippen LogP contribution in [0.1, 0.15) is 25.3 Å². The molecule has 7 nitrogen and oxygen atoms in total. The first-order chi connectivity index (χ1) is 11.2. The van der Waals surface area contributed by atoms with E-state index in [1.54, 1.807) is 18.2 Å². The van der Waals surface area contributed by atoms with Gasteiger partial charge in [-0.1, -0.05) is 26.0 Å². The fraction of sp³-hybridized carbons (Fsp3) is 0.250. The van der Waals surface area contributed by atoms with Gasteiger partial charge in [0, 0.05) is 12.1 Å². The quantitative estimate of drug-likeness (QED) is 0.635. The summed E-state index contributed by atoms with van der Waals surface area (Å²) < 4.78 is 32.8. The van der Waals surface area contributed by atoms with Gasteiger partial charge in [-0.25, -0.2) is 8.42 Å². The third-order valence-electron chi connectivity index (χ3n) is 3.45. The number of rotatable bonds is 6. The van der Waals surface area contributed by atoms with Crippen LogP contribution in [0.25, 0.3) is 0 Å². The van der Waals surface area contributed by atoms with Crippen LogP contribution in [0, 0.1) is 10.1 Å². The van der Waals surface area contributed by atoms with Crippen LogP contribution in [-0.2, 0) is 10.0 Å². The predicted molar refractivity (Wildman–Crippen MR) is 91.0 cm³/mol. The van der Waals surface area contributed by atoms with E-state index in [1.165, 1.54) is 25.3 Å². The number of anilines is 1. The van der Waals surface area contributed by atoms with Crippen LogP contribution in [0.3, 0.4) is 0 Å². The van der Waals surface area contributed by atoms with Crippen LogP contribution in [-0.4, -0.2) is 20.5 Å². The number of ether oxygens (including phenoxy) is 1. The van der Waals surface area contributed by atoms with Crippen LogP contribution in [0.15, 0.2) is 47.4 Å². The summed E-state index contributed by atoms with van der Waals surface area (Å²) in [6, 6.07) is 10.3. The van der Waals surface area contributed by atoms with E-state index < -0.39 is 14.9 Å². The van der Waals surface area contributed by atoms with E-state index in [2.05, 4.69) is 4.72 Å². The van der Waals surface area contributed by atoms with Gasteiger partial charge in [-0.05, 0) is 29.7 Å². The molecule has 0 atom stereocenters. The lowest BCUT2D eigenvalue weighted by atomic mass is 10.0. The topological polar surface area (TPSA) is 98.5 Å². The minimum Gasteiger partial charge on any atom is -0.495 e. The Kier molecular flexibility index (Phi) is 5.08. The van der Waals surface area contributed by atoms with Gasteiger partial charge in [0.25, 0.3) is 15.7 Å². The summed E-state index contributed by atoms with van der Waals surface area (Å²) in [4.78, 5) is 10.2. The number of benzene rings is 2. The normalized spacial score (nSPS) is 11.3. The summed E-state index contributed by atoms with van der Waals surface area (Å²) in [5, 5.41) is 10.8. The zero-order chi connectivity index (χ0) is 17.9. The lowest BCUT2D eigenvalue weighted by Crippen LogP contribution is -2.14. The first kappa shape index (κ1) is 17.7. The van der Waals surface area contributed by atoms with Crippen LogP contribution >= 0.6 is 0 Å². The number of sulfonamides is 1. The van der Waals surface area contributed by atoms with E-state index in [4.69, 9.17) is 4.74 Å². The highest BCUT2D eigenvalue weighted by atomic mass is 32.2. The Hall–Kier alpha value is -2.61. The van der Waals surface area contributed by atoms with Crippen LogP contribution in [0.5, 0.6) is 5.75 Å². The van der Waals surface area contributed by atoms with Gasteiger partial charge in [-0.3, -0.25) is 14.8 Å². The zero-order valence-electron chi connectivity index (χ0n) is 13.5. The van der Waals surface area contributed by atoms with Crippen LogP contribution in [0.4, 0.5) is 11.4 Å². The maximum absolute atomic E-state index is 12.7. The Balaban J connectivity index is 2.45. The zero-order valence-corrected chi connectivity index (χ0v) is 14.3. The standard InChI is InChI=1S/C16H18N2O5S/c1-11(2)12-7-8-15(23-3)16(9-12)24(21,22)17-13-5-4-6-14(10-13)18(19)20/h4-11,17H,1-3H3. The first-order valence-corrected chi connectivity index (χ1v) is 8.68. The number of nitro benzene ring substituents is 1. The highest BCUT2D eigenvalue weighted by Gasteiger charge is 2.21. The molecule has 0 spiro atoms. The number of methoxy groups -OCH3 is 1. The van der Waals surface area contributed by atoms with Crippen molar-refractivity contribution in [1.82, 2.24) is 0 Å². The Morgan fingerprint density at radius 1 is 1.17 bits per heavy atom. The highest BCUT2D eigenvalue weighted by molar-refractivity contribution is 7.92. The Morgan fingerprint density at radius 2 is 1.88 bits per heavy atom. The lowest BCUT2D eigenvalue weighted by Gasteiger charge is -2.14. The molecular weight excluding hydrogens is 332 g/mol. The molecule has 24 heavy (non-hydrogen) atoms. The maximum Gasteiger partial charge on any atom is 0.271 e.